The van der Waals surface area contributed by atoms with E-state index in [1.807, 2.05) is 0 Å². The van der Waals surface area contributed by atoms with E-state index in [0.29, 0.717) is 0 Å². The molecule has 448 valence electrons. The van der Waals surface area contributed by atoms with Crippen molar-refractivity contribution in [1.29, 1.82) is 0 Å². The molecule has 0 heterocycles. The highest BCUT2D eigenvalue weighted by molar-refractivity contribution is 7.49. The Morgan fingerprint density at radius 1 is 0.282 bits per heavy atom. The highest BCUT2D eigenvalue weighted by Gasteiger charge is 2.64. The molecule has 78 heavy (non-hydrogen) atoms. The molecule has 0 spiro atoms. The summed E-state index contributed by atoms with van der Waals surface area (Å²) in [5.74, 6) is -11.6. The zero-order valence-corrected chi connectivity index (χ0v) is 47.0. The van der Waals surface area contributed by atoms with Crippen LogP contribution in [0.1, 0.15) is 94.9 Å². The maximum absolute atomic E-state index is 14.9. The molecule has 0 unspecified atom stereocenters. The van der Waals surface area contributed by atoms with Gasteiger partial charge in [-0.2, -0.15) is 0 Å². The highest BCUT2D eigenvalue weighted by atomic mass is 31.2. The van der Waals surface area contributed by atoms with E-state index in [-0.39, 0.29) is 12.8 Å². The Hall–Kier alpha value is -4.86. The summed E-state index contributed by atoms with van der Waals surface area (Å²) in [6.45, 7) is -1.42. The van der Waals surface area contributed by atoms with E-state index in [1.54, 1.807) is 0 Å². The summed E-state index contributed by atoms with van der Waals surface area (Å²) < 4.78 is 173. The van der Waals surface area contributed by atoms with Gasteiger partial charge in [-0.15, -0.1) is 0 Å². The first-order valence-corrected chi connectivity index (χ1v) is 28.0. The predicted octanol–water partition coefficient (Wildman–Crippen LogP) is 3.69. The molecule has 1 saturated carbocycles. The van der Waals surface area contributed by atoms with E-state index in [9.17, 15) is 66.2 Å². The third-order valence-corrected chi connectivity index (χ3v) is 13.6. The molecule has 0 aromatic rings. The standard InChI is InChI=1S/C38H60O36P4/c1-11-13-31(47)69-33-35(71-75(49,61-15-53-23(3)39)62-16-54-24(4)40)37(73-77(51,65-19-57-27(7)43)66-20-58-28(8)44)34(70-32(48)14-12-2)38(74-78(52,67-21-59-29(9)45)68-22-60-30(10)46)36(33)72-76(50,63-17-55-25(5)41)64-18-56-26(6)42/h33-38H,11-22H2,1-10H3/t33-,34-,35-,36-,37-,38+/m1/s1. The van der Waals surface area contributed by atoms with Crippen LogP contribution < -0.4 is 0 Å². The number of ether oxygens (including phenoxy) is 10. The molecular formula is C38H60O36P4. The average molecular weight is 1220 g/mol. The number of phosphoric acid groups is 4. The lowest BCUT2D eigenvalue weighted by atomic mass is 9.84. The van der Waals surface area contributed by atoms with Gasteiger partial charge in [0.25, 0.3) is 0 Å². The zero-order chi connectivity index (χ0) is 59.3. The molecule has 0 aromatic carbocycles. The Balaban J connectivity index is 4.98. The molecule has 1 aliphatic carbocycles. The summed E-state index contributed by atoms with van der Waals surface area (Å²) in [4.78, 5) is 123. The number of carbonyl (C=O) groups excluding carboxylic acids is 10. The van der Waals surface area contributed by atoms with Gasteiger partial charge in [0, 0.05) is 68.2 Å². The van der Waals surface area contributed by atoms with Gasteiger partial charge in [-0.05, 0) is 12.8 Å². The van der Waals surface area contributed by atoms with Crippen LogP contribution in [0.5, 0.6) is 0 Å². The molecule has 0 bridgehead atoms. The maximum atomic E-state index is 14.9. The van der Waals surface area contributed by atoms with Crippen LogP contribution in [0.3, 0.4) is 0 Å². The van der Waals surface area contributed by atoms with E-state index < -0.39 is 195 Å². The van der Waals surface area contributed by atoms with Gasteiger partial charge < -0.3 is 47.4 Å². The first-order chi connectivity index (χ1) is 36.4. The number of esters is 10. The molecule has 0 saturated heterocycles. The van der Waals surface area contributed by atoms with Crippen molar-refractivity contribution in [3.05, 3.63) is 0 Å². The second-order valence-electron chi connectivity index (χ2n) is 14.5. The van der Waals surface area contributed by atoms with Crippen LogP contribution in [0.25, 0.3) is 0 Å². The number of hydrogen-bond donors (Lipinski definition) is 0. The van der Waals surface area contributed by atoms with Gasteiger partial charge in [0.1, 0.15) is 24.4 Å². The first kappa shape index (κ1) is 71.2. The van der Waals surface area contributed by atoms with Crippen molar-refractivity contribution in [1.82, 2.24) is 0 Å². The minimum Gasteiger partial charge on any atom is -0.457 e. The van der Waals surface area contributed by atoms with Crippen molar-refractivity contribution in [3.8, 4) is 0 Å². The van der Waals surface area contributed by atoms with E-state index in [1.165, 1.54) is 13.8 Å². The second kappa shape index (κ2) is 35.7. The summed E-state index contributed by atoms with van der Waals surface area (Å²) >= 11 is 0. The lowest BCUT2D eigenvalue weighted by Crippen LogP contribution is -2.67. The van der Waals surface area contributed by atoms with Gasteiger partial charge in [-0.3, -0.25) is 66.0 Å². The van der Waals surface area contributed by atoms with Crippen LogP contribution in [0, 0.1) is 0 Å². The number of hydrogen-bond acceptors (Lipinski definition) is 36. The summed E-state index contributed by atoms with van der Waals surface area (Å²) in [7, 11) is -23.2. The molecule has 40 heteroatoms. The molecule has 0 radical (unpaired) electrons. The van der Waals surface area contributed by atoms with Gasteiger partial charge in [0.05, 0.1) is 0 Å². The van der Waals surface area contributed by atoms with Gasteiger partial charge >= 0.3 is 91.0 Å². The fourth-order valence-corrected chi connectivity index (χ4v) is 9.47. The molecule has 0 aliphatic heterocycles. The molecule has 1 rings (SSSR count). The van der Waals surface area contributed by atoms with Crippen molar-refractivity contribution in [2.75, 3.05) is 54.3 Å². The average Bonchev–Trinajstić information content (AvgIpc) is 3.29. The second-order valence-corrected chi connectivity index (χ2v) is 21.0. The monoisotopic (exact) mass is 1220 g/mol. The van der Waals surface area contributed by atoms with Crippen LogP contribution in [0.15, 0.2) is 0 Å². The number of carbonyl (C=O) groups is 10. The predicted molar refractivity (Wildman–Crippen MR) is 241 cm³/mol. The maximum Gasteiger partial charge on any atom is 0.481 e. The fourth-order valence-electron chi connectivity index (χ4n) is 5.08. The quantitative estimate of drug-likeness (QED) is 0.0368. The smallest absolute Gasteiger partial charge is 0.457 e. The number of rotatable bonds is 38. The van der Waals surface area contributed by atoms with Gasteiger partial charge in [-0.1, -0.05) is 13.8 Å². The Bertz CT molecular complexity index is 1860. The molecule has 1 aliphatic rings. The molecule has 0 N–H and O–H groups in total. The van der Waals surface area contributed by atoms with Crippen LogP contribution >= 0.6 is 31.3 Å². The summed E-state index contributed by atoms with van der Waals surface area (Å²) in [5.41, 5.74) is 0. The van der Waals surface area contributed by atoms with Crippen molar-refractivity contribution < 1.29 is 168 Å². The molecule has 0 amide bonds. The van der Waals surface area contributed by atoms with Crippen LogP contribution in [0.4, 0.5) is 0 Å². The van der Waals surface area contributed by atoms with Crippen molar-refractivity contribution in [3.63, 3.8) is 0 Å². The Labute approximate surface area is 444 Å². The van der Waals surface area contributed by atoms with Crippen molar-refractivity contribution in [2.24, 2.45) is 0 Å². The zero-order valence-electron chi connectivity index (χ0n) is 43.4. The molecule has 1 fully saturated rings. The fraction of sp³-hybridized carbons (Fsp3) is 0.737. The van der Waals surface area contributed by atoms with Gasteiger partial charge in [0.15, 0.2) is 12.2 Å². The van der Waals surface area contributed by atoms with Gasteiger partial charge in [-0.25, -0.2) is 54.5 Å². The largest absolute Gasteiger partial charge is 0.481 e. The first-order valence-electron chi connectivity index (χ1n) is 22.2. The van der Waals surface area contributed by atoms with E-state index in [2.05, 4.69) is 0 Å². The van der Waals surface area contributed by atoms with Crippen molar-refractivity contribution in [2.45, 2.75) is 132 Å². The Morgan fingerprint density at radius 2 is 0.436 bits per heavy atom. The van der Waals surface area contributed by atoms with Gasteiger partial charge in [0.2, 0.25) is 54.3 Å². The molecule has 36 nitrogen and oxygen atoms in total. The summed E-state index contributed by atoms with van der Waals surface area (Å²) in [5, 5.41) is 0. The molecular weight excluding hydrogens is 1160 g/mol. The summed E-state index contributed by atoms with van der Waals surface area (Å²) in [6, 6.07) is 0. The van der Waals surface area contributed by atoms with E-state index in [4.69, 9.17) is 102 Å². The molecule has 0 aromatic heterocycles. The SMILES string of the molecule is CCCC(=O)O[C@@H]1[C@@H](OP(=O)(OCOC(C)=O)OCOC(C)=O)[C@H](OP(=O)(OCOC(C)=O)OCOC(C)=O)[C@@H](OC(=O)CCC)[C@H](OP(=O)(OCOC(C)=O)OCOC(C)=O)[C@@H]1OP(=O)(OCOC(C)=O)OCOC(C)=O. The third-order valence-electron chi connectivity index (χ3n) is 8.17. The number of phosphoric ester groups is 4. The Morgan fingerprint density at radius 3 is 0.564 bits per heavy atom. The van der Waals surface area contributed by atoms with Crippen molar-refractivity contribution >= 4 is 91.0 Å². The van der Waals surface area contributed by atoms with E-state index in [0.717, 1.165) is 55.4 Å². The highest BCUT2D eigenvalue weighted by Crippen LogP contribution is 2.61. The lowest BCUT2D eigenvalue weighted by Gasteiger charge is -2.49. The minimum absolute atomic E-state index is 0.0863. The van der Waals surface area contributed by atoms with Crippen LogP contribution in [0.2, 0.25) is 0 Å². The lowest BCUT2D eigenvalue weighted by molar-refractivity contribution is -0.236. The normalized spacial score (nSPS) is 18.5. The van der Waals surface area contributed by atoms with Crippen LogP contribution in [-0.4, -0.2) is 151 Å². The Kier molecular flexibility index (Phi) is 32.6. The van der Waals surface area contributed by atoms with Crippen LogP contribution in [-0.2, 0) is 168 Å². The third kappa shape index (κ3) is 29.4. The minimum atomic E-state index is -5.81. The summed E-state index contributed by atoms with van der Waals surface area (Å²) in [6.07, 6.45) is -18.5. The topological polar surface area (TPSA) is 442 Å². The van der Waals surface area contributed by atoms with E-state index >= 15 is 0 Å². The molecule has 6 atom stereocenters.